The quantitative estimate of drug-likeness (QED) is 0.777. The van der Waals surface area contributed by atoms with Crippen LogP contribution in [-0.4, -0.2) is 54.6 Å². The van der Waals surface area contributed by atoms with Crippen LogP contribution in [0, 0.1) is 5.82 Å². The van der Waals surface area contributed by atoms with Crippen LogP contribution in [0.25, 0.3) is 0 Å². The molecule has 0 unspecified atom stereocenters. The lowest BCUT2D eigenvalue weighted by Crippen LogP contribution is -2.44. The second kappa shape index (κ2) is 6.34. The molecule has 0 aromatic heterocycles. The minimum absolute atomic E-state index is 0.00332. The summed E-state index contributed by atoms with van der Waals surface area (Å²) in [5.41, 5.74) is 3.50. The third kappa shape index (κ3) is 2.90. The molecule has 3 aliphatic heterocycles. The van der Waals surface area contributed by atoms with E-state index in [1.807, 2.05) is 12.1 Å². The predicted octanol–water partition coefficient (Wildman–Crippen LogP) is 3.23. The van der Waals surface area contributed by atoms with Gasteiger partial charge in [-0.05, 0) is 42.3 Å². The zero-order valence-corrected chi connectivity index (χ0v) is 15.6. The number of rotatable bonds is 1. The molecule has 2 aromatic rings. The number of hydrogen-bond acceptors (Lipinski definition) is 4. The van der Waals surface area contributed by atoms with Crippen LogP contribution in [0.4, 0.5) is 4.39 Å². The van der Waals surface area contributed by atoms with Crippen LogP contribution in [0.1, 0.15) is 29.2 Å². The molecule has 1 saturated heterocycles. The minimum Gasteiger partial charge on any atom is -0.455 e. The van der Waals surface area contributed by atoms with Gasteiger partial charge in [0.2, 0.25) is 0 Å². The zero-order valence-electron chi connectivity index (χ0n) is 15.6. The summed E-state index contributed by atoms with van der Waals surface area (Å²) in [5.74, 6) is -0.211. The summed E-state index contributed by atoms with van der Waals surface area (Å²) in [6.07, 6.45) is 1.98. The van der Waals surface area contributed by atoms with E-state index >= 15 is 0 Å². The van der Waals surface area contributed by atoms with E-state index in [1.54, 1.807) is 0 Å². The van der Waals surface area contributed by atoms with E-state index in [9.17, 15) is 4.39 Å². The highest BCUT2D eigenvalue weighted by Crippen LogP contribution is 2.38. The first-order valence-corrected chi connectivity index (χ1v) is 9.66. The molecule has 0 radical (unpaired) electrons. The van der Waals surface area contributed by atoms with Gasteiger partial charge in [0.25, 0.3) is 6.02 Å². The largest absolute Gasteiger partial charge is 0.455 e. The van der Waals surface area contributed by atoms with Crippen LogP contribution in [0.5, 0.6) is 0 Å². The molecule has 2 atom stereocenters. The summed E-state index contributed by atoms with van der Waals surface area (Å²) < 4.78 is 20.0. The topological polar surface area (TPSA) is 28.1 Å². The van der Waals surface area contributed by atoms with Gasteiger partial charge in [-0.25, -0.2) is 9.38 Å². The van der Waals surface area contributed by atoms with Crippen molar-refractivity contribution in [2.45, 2.75) is 24.5 Å². The molecule has 3 heterocycles. The second-order valence-corrected chi connectivity index (χ2v) is 7.97. The van der Waals surface area contributed by atoms with Gasteiger partial charge >= 0.3 is 0 Å². The third-order valence-electron chi connectivity index (χ3n) is 6.03. The molecule has 1 fully saturated rings. The molecule has 2 aromatic carbocycles. The van der Waals surface area contributed by atoms with Crippen LogP contribution in [0.3, 0.4) is 0 Å². The lowest BCUT2D eigenvalue weighted by molar-refractivity contribution is 0.0726. The Bertz CT molecular complexity index is 881. The van der Waals surface area contributed by atoms with E-state index in [-0.39, 0.29) is 17.5 Å². The van der Waals surface area contributed by atoms with E-state index < -0.39 is 0 Å². The van der Waals surface area contributed by atoms with E-state index in [0.29, 0.717) is 0 Å². The Hall–Kier alpha value is -2.40. The number of amidine groups is 1. The van der Waals surface area contributed by atoms with Gasteiger partial charge in [0.15, 0.2) is 0 Å². The highest BCUT2D eigenvalue weighted by atomic mass is 19.1. The maximum absolute atomic E-state index is 13.5. The maximum atomic E-state index is 13.5. The minimum atomic E-state index is -0.211. The lowest BCUT2D eigenvalue weighted by atomic mass is 9.88. The first-order valence-electron chi connectivity index (χ1n) is 9.66. The average molecular weight is 365 g/mol. The molecular formula is C22H24FN3O. The van der Waals surface area contributed by atoms with Gasteiger partial charge in [-0.15, -0.1) is 0 Å². The first-order chi connectivity index (χ1) is 13.1. The van der Waals surface area contributed by atoms with Gasteiger partial charge < -0.3 is 14.5 Å². The fraction of sp³-hybridized carbons (Fsp3) is 0.409. The summed E-state index contributed by atoms with van der Waals surface area (Å²) >= 11 is 0. The van der Waals surface area contributed by atoms with Crippen molar-refractivity contribution < 1.29 is 9.13 Å². The number of fused-ring (bicyclic) bond motifs is 1. The lowest BCUT2D eigenvalue weighted by Gasteiger charge is -2.39. The molecule has 0 saturated carbocycles. The van der Waals surface area contributed by atoms with Gasteiger partial charge in [-0.3, -0.25) is 0 Å². The molecule has 3 aliphatic rings. The van der Waals surface area contributed by atoms with Crippen LogP contribution in [-0.2, 0) is 11.2 Å². The molecule has 0 amide bonds. The maximum Gasteiger partial charge on any atom is 0.288 e. The van der Waals surface area contributed by atoms with Crippen molar-refractivity contribution in [3.63, 3.8) is 0 Å². The number of likely N-dealkylation sites (N-methyl/N-ethyl adjacent to an activating group) is 1. The van der Waals surface area contributed by atoms with Crippen molar-refractivity contribution in [3.8, 4) is 0 Å². The van der Waals surface area contributed by atoms with Crippen LogP contribution in [0.15, 0.2) is 53.5 Å². The molecule has 0 bridgehead atoms. The molecule has 140 valence electrons. The average Bonchev–Trinajstić information content (AvgIpc) is 3.27. The molecule has 5 rings (SSSR count). The van der Waals surface area contributed by atoms with Crippen molar-refractivity contribution >= 4 is 6.02 Å². The van der Waals surface area contributed by atoms with E-state index in [4.69, 9.17) is 9.73 Å². The standard InChI is InChI=1S/C22H24FN3O/c1-25-13-11-22(15-25)14-24-21(27-22)26-12-10-16-4-2-3-5-19(16)20(26)17-6-8-18(23)9-7-17/h2-9,20H,10-15H2,1H3/t20-,22-/m0/s1. The third-order valence-corrected chi connectivity index (χ3v) is 6.03. The van der Waals surface area contributed by atoms with Crippen LogP contribution < -0.4 is 0 Å². The number of aliphatic imine (C=N–C) groups is 1. The number of benzene rings is 2. The molecule has 1 spiro atoms. The summed E-state index contributed by atoms with van der Waals surface area (Å²) in [6.45, 7) is 3.55. The van der Waals surface area contributed by atoms with Gasteiger partial charge in [-0.2, -0.15) is 0 Å². The number of halogens is 1. The normalized spacial score (nSPS) is 27.6. The molecular weight excluding hydrogens is 341 g/mol. The van der Waals surface area contributed by atoms with Gasteiger partial charge in [0.1, 0.15) is 11.4 Å². The van der Waals surface area contributed by atoms with Gasteiger partial charge in [0.05, 0.1) is 12.6 Å². The monoisotopic (exact) mass is 365 g/mol. The van der Waals surface area contributed by atoms with Crippen molar-refractivity contribution in [3.05, 3.63) is 71.0 Å². The van der Waals surface area contributed by atoms with Crippen LogP contribution >= 0.6 is 0 Å². The van der Waals surface area contributed by atoms with Crippen molar-refractivity contribution in [1.82, 2.24) is 9.80 Å². The Labute approximate surface area is 159 Å². The van der Waals surface area contributed by atoms with Crippen molar-refractivity contribution in [2.24, 2.45) is 4.99 Å². The summed E-state index contributed by atoms with van der Waals surface area (Å²) in [7, 11) is 2.13. The first kappa shape index (κ1) is 16.8. The van der Waals surface area contributed by atoms with Crippen LogP contribution in [0.2, 0.25) is 0 Å². The Morgan fingerprint density at radius 3 is 2.70 bits per heavy atom. The summed E-state index contributed by atoms with van der Waals surface area (Å²) in [5, 5.41) is 0. The fourth-order valence-corrected chi connectivity index (χ4v) is 4.65. The molecule has 4 nitrogen and oxygen atoms in total. The Balaban J connectivity index is 1.51. The van der Waals surface area contributed by atoms with E-state index in [0.717, 1.165) is 50.6 Å². The fourth-order valence-electron chi connectivity index (χ4n) is 4.65. The van der Waals surface area contributed by atoms with Crippen molar-refractivity contribution in [2.75, 3.05) is 33.2 Å². The Morgan fingerprint density at radius 2 is 1.93 bits per heavy atom. The summed E-state index contributed by atoms with van der Waals surface area (Å²) in [4.78, 5) is 9.39. The Morgan fingerprint density at radius 1 is 1.11 bits per heavy atom. The predicted molar refractivity (Wildman–Crippen MR) is 103 cm³/mol. The Kier molecular flexibility index (Phi) is 3.93. The highest BCUT2D eigenvalue weighted by Gasteiger charge is 2.46. The number of hydrogen-bond donors (Lipinski definition) is 0. The van der Waals surface area contributed by atoms with Crippen molar-refractivity contribution in [1.29, 1.82) is 0 Å². The zero-order chi connectivity index (χ0) is 18.4. The molecule has 5 heteroatoms. The molecule has 0 aliphatic carbocycles. The van der Waals surface area contributed by atoms with Gasteiger partial charge in [-0.1, -0.05) is 36.4 Å². The van der Waals surface area contributed by atoms with Gasteiger partial charge in [0, 0.05) is 26.1 Å². The SMILES string of the molecule is CN1CC[C@]2(CN=C(N3CCc4ccccc4[C@@H]3c3ccc(F)cc3)O2)C1. The molecule has 0 N–H and O–H groups in total. The van der Waals surface area contributed by atoms with E-state index in [1.165, 1.54) is 23.3 Å². The number of ether oxygens (including phenoxy) is 1. The highest BCUT2D eigenvalue weighted by molar-refractivity contribution is 5.78. The number of likely N-dealkylation sites (tertiary alicyclic amines) is 1. The summed E-state index contributed by atoms with van der Waals surface area (Å²) in [6, 6.07) is 16.1. The number of nitrogens with zero attached hydrogens (tertiary/aromatic N) is 3. The van der Waals surface area contributed by atoms with E-state index in [2.05, 4.69) is 41.1 Å². The second-order valence-electron chi connectivity index (χ2n) is 7.97. The molecule has 27 heavy (non-hydrogen) atoms. The smallest absolute Gasteiger partial charge is 0.288 e.